The zero-order valence-electron chi connectivity index (χ0n) is 12.8. The first kappa shape index (κ1) is 17.6. The SMILES string of the molecule is COCc1cccc(C(=O)OCC(=O)Nc2cc(F)cc(F)c2)c1. The summed E-state index contributed by atoms with van der Waals surface area (Å²) in [4.78, 5) is 23.6. The Morgan fingerprint density at radius 1 is 1.08 bits per heavy atom. The van der Waals surface area contributed by atoms with Gasteiger partial charge in [0.15, 0.2) is 6.61 Å². The second kappa shape index (κ2) is 8.16. The molecule has 5 nitrogen and oxygen atoms in total. The summed E-state index contributed by atoms with van der Waals surface area (Å²) < 4.78 is 35.9. The summed E-state index contributed by atoms with van der Waals surface area (Å²) in [5.74, 6) is -3.04. The molecule has 0 heterocycles. The minimum atomic E-state index is -0.822. The Bertz CT molecular complexity index is 729. The highest BCUT2D eigenvalue weighted by atomic mass is 19.1. The second-order valence-electron chi connectivity index (χ2n) is 4.92. The molecule has 0 saturated heterocycles. The van der Waals surface area contributed by atoms with Crippen LogP contribution in [0, 0.1) is 11.6 Å². The normalized spacial score (nSPS) is 10.3. The highest BCUT2D eigenvalue weighted by Gasteiger charge is 2.11. The average molecular weight is 335 g/mol. The third-order valence-corrected chi connectivity index (χ3v) is 2.95. The lowest BCUT2D eigenvalue weighted by molar-refractivity contribution is -0.119. The lowest BCUT2D eigenvalue weighted by Crippen LogP contribution is -2.21. The summed E-state index contributed by atoms with van der Waals surface area (Å²) in [6, 6.07) is 9.18. The molecular formula is C17H15F2NO4. The van der Waals surface area contributed by atoms with Crippen LogP contribution in [0.3, 0.4) is 0 Å². The number of esters is 1. The molecule has 2 rings (SSSR count). The molecule has 0 atom stereocenters. The number of benzene rings is 2. The Morgan fingerprint density at radius 2 is 1.79 bits per heavy atom. The predicted molar refractivity (Wildman–Crippen MR) is 82.4 cm³/mol. The van der Waals surface area contributed by atoms with Crippen molar-refractivity contribution in [1.29, 1.82) is 0 Å². The molecule has 0 fully saturated rings. The molecule has 24 heavy (non-hydrogen) atoms. The molecule has 0 radical (unpaired) electrons. The van der Waals surface area contributed by atoms with E-state index in [-0.39, 0.29) is 11.3 Å². The van der Waals surface area contributed by atoms with E-state index < -0.39 is 30.1 Å². The highest BCUT2D eigenvalue weighted by molar-refractivity contribution is 5.95. The van der Waals surface area contributed by atoms with Gasteiger partial charge in [0.1, 0.15) is 11.6 Å². The van der Waals surface area contributed by atoms with Crippen LogP contribution in [0.25, 0.3) is 0 Å². The number of hydrogen-bond donors (Lipinski definition) is 1. The van der Waals surface area contributed by atoms with Gasteiger partial charge in [0, 0.05) is 18.9 Å². The van der Waals surface area contributed by atoms with E-state index in [1.165, 1.54) is 7.11 Å². The van der Waals surface area contributed by atoms with Crippen LogP contribution in [-0.2, 0) is 20.9 Å². The van der Waals surface area contributed by atoms with Crippen LogP contribution in [0.5, 0.6) is 0 Å². The van der Waals surface area contributed by atoms with Crippen molar-refractivity contribution in [3.8, 4) is 0 Å². The number of methoxy groups -OCH3 is 1. The van der Waals surface area contributed by atoms with E-state index in [9.17, 15) is 18.4 Å². The first-order chi connectivity index (χ1) is 11.5. The third-order valence-electron chi connectivity index (χ3n) is 2.95. The maximum absolute atomic E-state index is 13.0. The zero-order valence-corrected chi connectivity index (χ0v) is 12.8. The molecule has 0 saturated carbocycles. The number of carbonyl (C=O) groups is 2. The van der Waals surface area contributed by atoms with Gasteiger partial charge in [-0.05, 0) is 29.8 Å². The lowest BCUT2D eigenvalue weighted by Gasteiger charge is -2.08. The molecule has 0 aromatic heterocycles. The van der Waals surface area contributed by atoms with Crippen molar-refractivity contribution in [2.45, 2.75) is 6.61 Å². The number of carbonyl (C=O) groups excluding carboxylic acids is 2. The zero-order chi connectivity index (χ0) is 17.5. The largest absolute Gasteiger partial charge is 0.452 e. The molecule has 2 aromatic rings. The van der Waals surface area contributed by atoms with Crippen molar-refractivity contribution in [2.75, 3.05) is 19.0 Å². The van der Waals surface area contributed by atoms with Crippen LogP contribution in [-0.4, -0.2) is 25.6 Å². The highest BCUT2D eigenvalue weighted by Crippen LogP contribution is 2.13. The number of amides is 1. The van der Waals surface area contributed by atoms with Crippen LogP contribution in [0.2, 0.25) is 0 Å². The van der Waals surface area contributed by atoms with E-state index in [0.717, 1.165) is 17.7 Å². The molecule has 0 aliphatic heterocycles. The molecule has 1 N–H and O–H groups in total. The van der Waals surface area contributed by atoms with Crippen LogP contribution in [0.1, 0.15) is 15.9 Å². The third kappa shape index (κ3) is 5.13. The molecule has 0 bridgehead atoms. The Labute approximate surface area is 137 Å². The Morgan fingerprint density at radius 3 is 2.46 bits per heavy atom. The van der Waals surface area contributed by atoms with Gasteiger partial charge in [0.25, 0.3) is 5.91 Å². The van der Waals surface area contributed by atoms with Gasteiger partial charge in [-0.15, -0.1) is 0 Å². The van der Waals surface area contributed by atoms with Gasteiger partial charge in [-0.3, -0.25) is 4.79 Å². The van der Waals surface area contributed by atoms with Gasteiger partial charge in [-0.25, -0.2) is 13.6 Å². The molecule has 2 aromatic carbocycles. The summed E-state index contributed by atoms with van der Waals surface area (Å²) in [6.45, 7) is -0.238. The monoisotopic (exact) mass is 335 g/mol. The van der Waals surface area contributed by atoms with Gasteiger partial charge >= 0.3 is 5.97 Å². The van der Waals surface area contributed by atoms with E-state index in [1.54, 1.807) is 24.3 Å². The minimum Gasteiger partial charge on any atom is -0.452 e. The van der Waals surface area contributed by atoms with Gasteiger partial charge in [0.05, 0.1) is 12.2 Å². The van der Waals surface area contributed by atoms with E-state index in [4.69, 9.17) is 9.47 Å². The van der Waals surface area contributed by atoms with Gasteiger partial charge in [0.2, 0.25) is 0 Å². The number of anilines is 1. The van der Waals surface area contributed by atoms with E-state index in [0.29, 0.717) is 12.7 Å². The van der Waals surface area contributed by atoms with Gasteiger partial charge in [-0.2, -0.15) is 0 Å². The Kier molecular flexibility index (Phi) is 5.97. The fraction of sp³-hybridized carbons (Fsp3) is 0.176. The summed E-state index contributed by atoms with van der Waals surface area (Å²) in [7, 11) is 1.53. The standard InChI is InChI=1S/C17H15F2NO4/c1-23-9-11-3-2-4-12(5-11)17(22)24-10-16(21)20-15-7-13(18)6-14(19)8-15/h2-8H,9-10H2,1H3,(H,20,21). The van der Waals surface area contributed by atoms with E-state index in [1.807, 2.05) is 0 Å². The maximum Gasteiger partial charge on any atom is 0.338 e. The van der Waals surface area contributed by atoms with Crippen LogP contribution in [0.4, 0.5) is 14.5 Å². The summed E-state index contributed by atoms with van der Waals surface area (Å²) in [5.41, 5.74) is 0.997. The van der Waals surface area contributed by atoms with Gasteiger partial charge in [-0.1, -0.05) is 12.1 Å². The second-order valence-corrected chi connectivity index (χ2v) is 4.92. The quantitative estimate of drug-likeness (QED) is 0.825. The topological polar surface area (TPSA) is 64.6 Å². The van der Waals surface area contributed by atoms with Gasteiger partial charge < -0.3 is 14.8 Å². The molecular weight excluding hydrogens is 320 g/mol. The fourth-order valence-corrected chi connectivity index (χ4v) is 1.99. The molecule has 0 spiro atoms. The first-order valence-corrected chi connectivity index (χ1v) is 6.99. The van der Waals surface area contributed by atoms with Crippen LogP contribution in [0.15, 0.2) is 42.5 Å². The van der Waals surface area contributed by atoms with Crippen molar-refractivity contribution in [2.24, 2.45) is 0 Å². The molecule has 1 amide bonds. The number of ether oxygens (including phenoxy) is 2. The van der Waals surface area contributed by atoms with E-state index >= 15 is 0 Å². The van der Waals surface area contributed by atoms with Crippen molar-refractivity contribution in [1.82, 2.24) is 0 Å². The van der Waals surface area contributed by atoms with Crippen LogP contribution < -0.4 is 5.32 Å². The van der Waals surface area contributed by atoms with Crippen molar-refractivity contribution >= 4 is 17.6 Å². The Hall–Kier alpha value is -2.80. The smallest absolute Gasteiger partial charge is 0.338 e. The van der Waals surface area contributed by atoms with Crippen LogP contribution >= 0.6 is 0 Å². The number of halogens is 2. The molecule has 7 heteroatoms. The van der Waals surface area contributed by atoms with Crippen molar-refractivity contribution in [3.05, 3.63) is 65.2 Å². The maximum atomic E-state index is 13.0. The summed E-state index contributed by atoms with van der Waals surface area (Å²) in [6.07, 6.45) is 0. The predicted octanol–water partition coefficient (Wildman–Crippen LogP) is 2.91. The molecule has 0 unspecified atom stereocenters. The van der Waals surface area contributed by atoms with Crippen molar-refractivity contribution in [3.63, 3.8) is 0 Å². The first-order valence-electron chi connectivity index (χ1n) is 6.99. The van der Waals surface area contributed by atoms with Crippen molar-refractivity contribution < 1.29 is 27.8 Å². The number of hydrogen-bond acceptors (Lipinski definition) is 4. The fourth-order valence-electron chi connectivity index (χ4n) is 1.99. The lowest BCUT2D eigenvalue weighted by atomic mass is 10.1. The average Bonchev–Trinajstić information content (AvgIpc) is 2.52. The number of nitrogens with one attached hydrogen (secondary N) is 1. The van der Waals surface area contributed by atoms with E-state index in [2.05, 4.69) is 5.32 Å². The Balaban J connectivity index is 1.91. The molecule has 0 aliphatic rings. The molecule has 0 aliphatic carbocycles. The number of rotatable bonds is 6. The minimum absolute atomic E-state index is 0.0596. The molecule has 126 valence electrons. The summed E-state index contributed by atoms with van der Waals surface area (Å²) >= 11 is 0. The summed E-state index contributed by atoms with van der Waals surface area (Å²) in [5, 5.41) is 2.25.